The molecule has 1 N–H and O–H groups in total. The second kappa shape index (κ2) is 6.30. The number of anilines is 1. The molecule has 5 nitrogen and oxygen atoms in total. The van der Waals surface area contributed by atoms with Gasteiger partial charge in [0.2, 0.25) is 0 Å². The molecule has 0 atom stereocenters. The monoisotopic (exact) mass is 351 g/mol. The lowest BCUT2D eigenvalue weighted by Gasteiger charge is -2.12. The number of carbonyl (C=O) groups is 1. The molecule has 2 aromatic rings. The van der Waals surface area contributed by atoms with Gasteiger partial charge in [-0.25, -0.2) is 0 Å². The summed E-state index contributed by atoms with van der Waals surface area (Å²) in [7, 11) is 1.72. The highest BCUT2D eigenvalue weighted by atomic mass is 79.9. The maximum Gasteiger partial charge on any atom is 0.277 e. The molecule has 2 rings (SSSR count). The quantitative estimate of drug-likeness (QED) is 0.917. The van der Waals surface area contributed by atoms with Gasteiger partial charge in [-0.1, -0.05) is 15.9 Å². The summed E-state index contributed by atoms with van der Waals surface area (Å²) in [5.41, 5.74) is 3.24. The zero-order chi connectivity index (χ0) is 15.6. The van der Waals surface area contributed by atoms with Gasteiger partial charge < -0.3 is 10.1 Å². The Hall–Kier alpha value is -1.82. The molecule has 1 heterocycles. The van der Waals surface area contributed by atoms with E-state index in [1.807, 2.05) is 32.9 Å². The molecule has 112 valence electrons. The maximum atomic E-state index is 12.5. The van der Waals surface area contributed by atoms with Gasteiger partial charge >= 0.3 is 0 Å². The number of nitrogens with one attached hydrogen (secondary N) is 1. The highest BCUT2D eigenvalue weighted by Crippen LogP contribution is 2.26. The first kappa shape index (κ1) is 15.6. The van der Waals surface area contributed by atoms with Crippen LogP contribution in [0.1, 0.15) is 28.5 Å². The molecule has 0 radical (unpaired) electrons. The third-order valence-corrected chi connectivity index (χ3v) is 4.03. The normalized spacial score (nSPS) is 10.5. The van der Waals surface area contributed by atoms with Crippen molar-refractivity contribution in [3.05, 3.63) is 39.6 Å². The number of aromatic nitrogens is 2. The van der Waals surface area contributed by atoms with Gasteiger partial charge in [-0.05, 0) is 44.0 Å². The summed E-state index contributed by atoms with van der Waals surface area (Å²) in [6, 6.07) is 3.92. The Morgan fingerprint density at radius 1 is 1.38 bits per heavy atom. The molecule has 0 aliphatic heterocycles. The summed E-state index contributed by atoms with van der Waals surface area (Å²) in [6.45, 7) is 6.29. The second-order valence-corrected chi connectivity index (χ2v) is 5.64. The summed E-state index contributed by atoms with van der Waals surface area (Å²) in [6.07, 6.45) is 1.55. The molecule has 0 unspecified atom stereocenters. The van der Waals surface area contributed by atoms with Crippen LogP contribution < -0.4 is 10.1 Å². The first-order chi connectivity index (χ1) is 9.93. The predicted octanol–water partition coefficient (Wildman–Crippen LogP) is 3.45. The van der Waals surface area contributed by atoms with E-state index in [2.05, 4.69) is 26.3 Å². The number of carbonyl (C=O) groups excluding carboxylic acids is 1. The minimum Gasteiger partial charge on any atom is -0.490 e. The van der Waals surface area contributed by atoms with E-state index in [1.54, 1.807) is 13.2 Å². The van der Waals surface area contributed by atoms with Crippen LogP contribution in [0.2, 0.25) is 0 Å². The fourth-order valence-corrected chi connectivity index (χ4v) is 2.49. The molecule has 0 aliphatic carbocycles. The first-order valence-electron chi connectivity index (χ1n) is 6.67. The lowest BCUT2D eigenvalue weighted by molar-refractivity contribution is 0.101. The molecule has 1 aromatic carbocycles. The molecule has 1 amide bonds. The topological polar surface area (TPSA) is 56.2 Å². The molecule has 6 heteroatoms. The van der Waals surface area contributed by atoms with Crippen LogP contribution in [0.25, 0.3) is 0 Å². The summed E-state index contributed by atoms with van der Waals surface area (Å²) < 4.78 is 7.98. The zero-order valence-electron chi connectivity index (χ0n) is 12.5. The number of aryl methyl sites for hydroxylation is 3. The Morgan fingerprint density at radius 2 is 2.10 bits per heavy atom. The van der Waals surface area contributed by atoms with E-state index in [4.69, 9.17) is 4.74 Å². The van der Waals surface area contributed by atoms with Crippen molar-refractivity contribution in [3.63, 3.8) is 0 Å². The van der Waals surface area contributed by atoms with Crippen molar-refractivity contribution in [2.45, 2.75) is 20.8 Å². The summed E-state index contributed by atoms with van der Waals surface area (Å²) >= 11 is 3.48. The smallest absolute Gasteiger partial charge is 0.277 e. The molecule has 0 saturated carbocycles. The molecule has 1 aromatic heterocycles. The minimum atomic E-state index is -0.233. The molecule has 0 fully saturated rings. The van der Waals surface area contributed by atoms with Gasteiger partial charge in [0.05, 0.1) is 12.8 Å². The Morgan fingerprint density at radius 3 is 2.76 bits per heavy atom. The first-order valence-corrected chi connectivity index (χ1v) is 7.46. The van der Waals surface area contributed by atoms with Crippen molar-refractivity contribution in [1.29, 1.82) is 0 Å². The van der Waals surface area contributed by atoms with E-state index in [-0.39, 0.29) is 5.91 Å². The van der Waals surface area contributed by atoms with Gasteiger partial charge in [0.1, 0.15) is 0 Å². The van der Waals surface area contributed by atoms with E-state index < -0.39 is 0 Å². The van der Waals surface area contributed by atoms with Crippen LogP contribution in [-0.2, 0) is 7.05 Å². The van der Waals surface area contributed by atoms with E-state index in [0.29, 0.717) is 18.1 Å². The van der Waals surface area contributed by atoms with E-state index in [9.17, 15) is 4.79 Å². The molecule has 0 bridgehead atoms. The van der Waals surface area contributed by atoms with Gasteiger partial charge in [-0.3, -0.25) is 9.48 Å². The van der Waals surface area contributed by atoms with Crippen molar-refractivity contribution in [2.75, 3.05) is 11.9 Å². The van der Waals surface area contributed by atoms with Gasteiger partial charge in [-0.2, -0.15) is 5.10 Å². The van der Waals surface area contributed by atoms with E-state index in [1.165, 1.54) is 4.68 Å². The SMILES string of the molecule is CCOc1cnn(C)c1C(=O)Nc1cc(C)c(Br)cc1C. The van der Waals surface area contributed by atoms with Gasteiger partial charge in [0.15, 0.2) is 11.4 Å². The lowest BCUT2D eigenvalue weighted by atomic mass is 10.1. The number of nitrogens with zero attached hydrogens (tertiary/aromatic N) is 2. The van der Waals surface area contributed by atoms with Crippen LogP contribution in [-0.4, -0.2) is 22.3 Å². The maximum absolute atomic E-state index is 12.5. The summed E-state index contributed by atoms with van der Waals surface area (Å²) in [4.78, 5) is 12.5. The van der Waals surface area contributed by atoms with Crippen LogP contribution in [0.4, 0.5) is 5.69 Å². The molecular weight excluding hydrogens is 334 g/mol. The Kier molecular flexibility index (Phi) is 4.67. The number of hydrogen-bond donors (Lipinski definition) is 1. The van der Waals surface area contributed by atoms with Crippen molar-refractivity contribution < 1.29 is 9.53 Å². The minimum absolute atomic E-state index is 0.233. The van der Waals surface area contributed by atoms with Crippen LogP contribution in [0.5, 0.6) is 5.75 Å². The Labute approximate surface area is 132 Å². The average Bonchev–Trinajstić information content (AvgIpc) is 2.77. The molecule has 21 heavy (non-hydrogen) atoms. The highest BCUT2D eigenvalue weighted by Gasteiger charge is 2.19. The fourth-order valence-electron chi connectivity index (χ4n) is 2.03. The second-order valence-electron chi connectivity index (χ2n) is 4.78. The van der Waals surface area contributed by atoms with E-state index >= 15 is 0 Å². The molecule has 0 aliphatic rings. The van der Waals surface area contributed by atoms with Crippen LogP contribution in [0.15, 0.2) is 22.8 Å². The van der Waals surface area contributed by atoms with Crippen molar-refractivity contribution in [3.8, 4) is 5.75 Å². The fraction of sp³-hybridized carbons (Fsp3) is 0.333. The van der Waals surface area contributed by atoms with E-state index in [0.717, 1.165) is 21.3 Å². The molecule has 0 spiro atoms. The highest BCUT2D eigenvalue weighted by molar-refractivity contribution is 9.10. The van der Waals surface area contributed by atoms with Crippen molar-refractivity contribution >= 4 is 27.5 Å². The number of amides is 1. The van der Waals surface area contributed by atoms with Crippen molar-refractivity contribution in [1.82, 2.24) is 9.78 Å². The summed E-state index contributed by atoms with van der Waals surface area (Å²) in [5, 5.41) is 7.00. The van der Waals surface area contributed by atoms with Gasteiger partial charge in [-0.15, -0.1) is 0 Å². The van der Waals surface area contributed by atoms with Crippen LogP contribution in [0.3, 0.4) is 0 Å². The van der Waals surface area contributed by atoms with Gasteiger partial charge in [0, 0.05) is 17.2 Å². The third-order valence-electron chi connectivity index (χ3n) is 3.17. The van der Waals surface area contributed by atoms with Gasteiger partial charge in [0.25, 0.3) is 5.91 Å². The zero-order valence-corrected chi connectivity index (χ0v) is 14.1. The van der Waals surface area contributed by atoms with Crippen LogP contribution in [0, 0.1) is 13.8 Å². The number of ether oxygens (including phenoxy) is 1. The average molecular weight is 352 g/mol. The standard InChI is InChI=1S/C15H18BrN3O2/c1-5-21-13-8-17-19(4)14(13)15(20)18-12-7-9(2)11(16)6-10(12)3/h6-8H,5H2,1-4H3,(H,18,20). The Bertz CT molecular complexity index is 680. The lowest BCUT2D eigenvalue weighted by Crippen LogP contribution is -2.18. The number of hydrogen-bond acceptors (Lipinski definition) is 3. The molecule has 0 saturated heterocycles. The molecular formula is C15H18BrN3O2. The number of rotatable bonds is 4. The van der Waals surface area contributed by atoms with Crippen molar-refractivity contribution in [2.24, 2.45) is 7.05 Å². The number of benzene rings is 1. The third kappa shape index (κ3) is 3.26. The largest absolute Gasteiger partial charge is 0.490 e. The Balaban J connectivity index is 2.30. The predicted molar refractivity (Wildman–Crippen MR) is 85.9 cm³/mol. The summed E-state index contributed by atoms with van der Waals surface area (Å²) in [5.74, 6) is 0.257. The number of halogens is 1. The van der Waals surface area contributed by atoms with Crippen LogP contribution >= 0.6 is 15.9 Å².